The molecule has 1 aliphatic heterocycles. The van der Waals surface area contributed by atoms with Crippen molar-refractivity contribution in [2.75, 3.05) is 12.8 Å². The number of nitrogens with two attached hydrogens (primary N) is 1. The molecule has 1 fully saturated rings. The molecule has 0 spiro atoms. The molecule has 42 heavy (non-hydrogen) atoms. The number of ether oxygens (including phenoxy) is 4. The molecule has 0 unspecified atom stereocenters. The smallest absolute Gasteiger partial charge is 0.338 e. The Bertz CT molecular complexity index is 1470. The van der Waals surface area contributed by atoms with Gasteiger partial charge in [0, 0.05) is 6.07 Å². The highest BCUT2D eigenvalue weighted by Gasteiger charge is 2.55. The molecule has 4 N–H and O–H groups in total. The number of benzene rings is 2. The Labute approximate surface area is 245 Å². The molecule has 0 aliphatic carbocycles. The van der Waals surface area contributed by atoms with E-state index in [1.165, 1.54) is 53.4 Å². The van der Waals surface area contributed by atoms with Crippen LogP contribution in [0, 0.1) is 0 Å². The van der Waals surface area contributed by atoms with Gasteiger partial charge in [-0.15, -0.1) is 0 Å². The molecule has 2 heterocycles. The highest BCUT2D eigenvalue weighted by Crippen LogP contribution is 2.36. The van der Waals surface area contributed by atoms with Gasteiger partial charge in [-0.05, 0) is 30.3 Å². The summed E-state index contributed by atoms with van der Waals surface area (Å²) in [4.78, 5) is 68.6. The third kappa shape index (κ3) is 8.44. The van der Waals surface area contributed by atoms with E-state index in [0.29, 0.717) is 0 Å². The van der Waals surface area contributed by atoms with E-state index in [4.69, 9.17) is 24.7 Å². The quantitative estimate of drug-likeness (QED) is 0.0997. The highest BCUT2D eigenvalue weighted by molar-refractivity contribution is 7.52. The summed E-state index contributed by atoms with van der Waals surface area (Å²) in [6, 6.07) is 18.8. The van der Waals surface area contributed by atoms with Crippen LogP contribution in [0.3, 0.4) is 0 Å². The Kier molecular flexibility index (Phi) is 10.9. The molecule has 1 aromatic heterocycles. The van der Waals surface area contributed by atoms with Crippen molar-refractivity contribution in [3.63, 3.8) is 0 Å². The minimum atomic E-state index is -4.82. The summed E-state index contributed by atoms with van der Waals surface area (Å²) in [5, 5.41) is 0. The lowest BCUT2D eigenvalue weighted by molar-refractivity contribution is -0.765. The molecule has 1 amide bonds. The number of amides is 1. The van der Waals surface area contributed by atoms with Gasteiger partial charge in [0.1, 0.15) is 24.4 Å². The molecule has 0 bridgehead atoms. The molecular formula is C27H26ClN2O11P. The summed E-state index contributed by atoms with van der Waals surface area (Å²) in [7, 11) is -4.82. The average Bonchev–Trinajstić information content (AvgIpc) is 3.27. The normalized spacial score (nSPS) is 19.7. The number of carbonyl (C=O) groups is 4. The maximum atomic E-state index is 13.0. The predicted molar refractivity (Wildman–Crippen MR) is 138 cm³/mol. The van der Waals surface area contributed by atoms with Crippen molar-refractivity contribution in [3.8, 4) is 0 Å². The first kappa shape index (κ1) is 32.4. The van der Waals surface area contributed by atoms with E-state index >= 15 is 0 Å². The first-order valence-electron chi connectivity index (χ1n) is 12.2. The van der Waals surface area contributed by atoms with Crippen LogP contribution >= 0.6 is 7.60 Å². The minimum absolute atomic E-state index is 0. The van der Waals surface area contributed by atoms with Crippen molar-refractivity contribution in [2.45, 2.75) is 24.5 Å². The van der Waals surface area contributed by atoms with Crippen LogP contribution in [-0.2, 0) is 28.3 Å². The van der Waals surface area contributed by atoms with Gasteiger partial charge in [0.15, 0.2) is 18.5 Å². The van der Waals surface area contributed by atoms with Gasteiger partial charge in [-0.1, -0.05) is 36.4 Å². The summed E-state index contributed by atoms with van der Waals surface area (Å²) in [5.41, 5.74) is 5.85. The lowest BCUT2D eigenvalue weighted by atomic mass is 10.1. The van der Waals surface area contributed by atoms with Gasteiger partial charge in [0.2, 0.25) is 6.10 Å². The van der Waals surface area contributed by atoms with Crippen molar-refractivity contribution in [1.82, 2.24) is 0 Å². The standard InChI is InChI=1S/C27H25N2O11P.ClH/c28-24(31)19-12-7-13-29(14-19)25-23(39-21(30)16-41(34,35)36)22(40-27(33)18-10-5-2-6-11-18)20(38-25)15-37-26(32)17-8-3-1-4-9-17;/h1-14,20,22-23,25H,15-16H2,(H3-,28,31,34,35,36);1H/t20-,22-,23-,25-;/m1./s1. The summed E-state index contributed by atoms with van der Waals surface area (Å²) >= 11 is 0. The Morgan fingerprint density at radius 1 is 0.833 bits per heavy atom. The van der Waals surface area contributed by atoms with E-state index < -0.39 is 68.7 Å². The average molecular weight is 621 g/mol. The maximum absolute atomic E-state index is 13.0. The third-order valence-electron chi connectivity index (χ3n) is 5.93. The third-order valence-corrected chi connectivity index (χ3v) is 6.60. The Balaban J connectivity index is 0.00000484. The fourth-order valence-electron chi connectivity index (χ4n) is 4.09. The summed E-state index contributed by atoms with van der Waals surface area (Å²) in [5.74, 6) is -3.60. The second-order valence-corrected chi connectivity index (χ2v) is 10.6. The van der Waals surface area contributed by atoms with Crippen LogP contribution in [0.15, 0.2) is 85.2 Å². The number of esters is 3. The van der Waals surface area contributed by atoms with Gasteiger partial charge in [-0.25, -0.2) is 9.59 Å². The molecule has 222 valence electrons. The predicted octanol–water partition coefficient (Wildman–Crippen LogP) is -1.85. The van der Waals surface area contributed by atoms with Gasteiger partial charge in [-0.3, -0.25) is 14.2 Å². The van der Waals surface area contributed by atoms with Crippen molar-refractivity contribution in [3.05, 3.63) is 102 Å². The van der Waals surface area contributed by atoms with Crippen LogP contribution in [0.1, 0.15) is 37.3 Å². The van der Waals surface area contributed by atoms with E-state index in [0.717, 1.165) is 0 Å². The highest BCUT2D eigenvalue weighted by atomic mass is 35.5. The Hall–Kier alpha value is -4.13. The van der Waals surface area contributed by atoms with Crippen molar-refractivity contribution < 1.29 is 69.5 Å². The monoisotopic (exact) mass is 620 g/mol. The SMILES string of the molecule is NC(=O)c1ccc[n+]([C@@H]2O[C@H](COC(=O)c3ccccc3)[C@@H](OC(=O)c3ccccc3)[C@H]2OC(=O)CP(=O)(O)O)c1.[Cl-]. The number of carbonyl (C=O) groups excluding carboxylic acids is 4. The number of pyridine rings is 1. The van der Waals surface area contributed by atoms with Crippen LogP contribution in [0.25, 0.3) is 0 Å². The molecule has 1 saturated heterocycles. The number of aromatic nitrogens is 1. The molecular weight excluding hydrogens is 595 g/mol. The summed E-state index contributed by atoms with van der Waals surface area (Å²) in [6.45, 7) is -0.459. The van der Waals surface area contributed by atoms with Gasteiger partial charge in [-0.2, -0.15) is 4.57 Å². The number of hydrogen-bond donors (Lipinski definition) is 3. The molecule has 15 heteroatoms. The minimum Gasteiger partial charge on any atom is -1.00 e. The maximum Gasteiger partial charge on any atom is 0.338 e. The zero-order valence-corrected chi connectivity index (χ0v) is 23.4. The number of hydrogen-bond acceptors (Lipinski definition) is 9. The topological polar surface area (TPSA) is 193 Å². The number of rotatable bonds is 10. The van der Waals surface area contributed by atoms with Gasteiger partial charge in [0.05, 0.1) is 11.1 Å². The largest absolute Gasteiger partial charge is 1.00 e. The summed E-state index contributed by atoms with van der Waals surface area (Å²) < 4.78 is 35.3. The molecule has 0 saturated carbocycles. The van der Waals surface area contributed by atoms with E-state index in [2.05, 4.69) is 0 Å². The molecule has 4 rings (SSSR count). The van der Waals surface area contributed by atoms with Crippen LogP contribution in [0.2, 0.25) is 0 Å². The van der Waals surface area contributed by atoms with Crippen LogP contribution in [0.4, 0.5) is 0 Å². The molecule has 2 aromatic carbocycles. The van der Waals surface area contributed by atoms with Gasteiger partial charge >= 0.3 is 31.7 Å². The van der Waals surface area contributed by atoms with Crippen LogP contribution < -0.4 is 22.7 Å². The molecule has 3 aromatic rings. The number of primary amides is 1. The van der Waals surface area contributed by atoms with E-state index in [-0.39, 0.29) is 29.1 Å². The van der Waals surface area contributed by atoms with Crippen molar-refractivity contribution >= 4 is 31.4 Å². The Morgan fingerprint density at radius 2 is 1.40 bits per heavy atom. The Morgan fingerprint density at radius 3 is 1.98 bits per heavy atom. The fraction of sp³-hybridized carbons (Fsp3) is 0.222. The number of nitrogens with zero attached hydrogens (tertiary/aromatic N) is 1. The molecule has 13 nitrogen and oxygen atoms in total. The first-order chi connectivity index (χ1) is 19.5. The zero-order chi connectivity index (χ0) is 29.6. The van der Waals surface area contributed by atoms with E-state index in [1.54, 1.807) is 36.4 Å². The molecule has 1 aliphatic rings. The second kappa shape index (κ2) is 14.2. The lowest BCUT2D eigenvalue weighted by Crippen LogP contribution is -3.00. The van der Waals surface area contributed by atoms with Crippen LogP contribution in [-0.4, -0.2) is 64.7 Å². The van der Waals surface area contributed by atoms with Gasteiger partial charge in [0.25, 0.3) is 5.91 Å². The van der Waals surface area contributed by atoms with Crippen molar-refractivity contribution in [2.24, 2.45) is 5.73 Å². The summed E-state index contributed by atoms with van der Waals surface area (Å²) in [6.07, 6.45) is -3.91. The van der Waals surface area contributed by atoms with Crippen LogP contribution in [0.5, 0.6) is 0 Å². The number of halogens is 1. The first-order valence-corrected chi connectivity index (χ1v) is 14.0. The second-order valence-electron chi connectivity index (χ2n) is 8.95. The zero-order valence-electron chi connectivity index (χ0n) is 21.7. The fourth-order valence-corrected chi connectivity index (χ4v) is 4.50. The lowest BCUT2D eigenvalue weighted by Gasteiger charge is -2.23. The van der Waals surface area contributed by atoms with E-state index in [9.17, 15) is 33.5 Å². The van der Waals surface area contributed by atoms with E-state index in [1.807, 2.05) is 0 Å². The van der Waals surface area contributed by atoms with Gasteiger partial charge < -0.3 is 46.9 Å². The van der Waals surface area contributed by atoms with Crippen molar-refractivity contribution in [1.29, 1.82) is 0 Å². The molecule has 4 atom stereocenters. The molecule has 0 radical (unpaired) electrons.